The summed E-state index contributed by atoms with van der Waals surface area (Å²) >= 11 is 2.22. The van der Waals surface area contributed by atoms with Crippen LogP contribution in [0.5, 0.6) is 0 Å². The van der Waals surface area contributed by atoms with Gasteiger partial charge in [0.15, 0.2) is 0 Å². The van der Waals surface area contributed by atoms with Gasteiger partial charge >= 0.3 is 5.97 Å². The molecule has 0 spiro atoms. The summed E-state index contributed by atoms with van der Waals surface area (Å²) in [4.78, 5) is 11.2. The number of rotatable bonds is 4. The molecule has 0 bridgehead atoms. The zero-order valence-electron chi connectivity index (χ0n) is 8.57. The first-order valence-electron chi connectivity index (χ1n) is 4.80. The molecule has 0 aliphatic carbocycles. The number of halogens is 1. The Morgan fingerprint density at radius 3 is 2.93 bits per heavy atom. The monoisotopic (exact) mass is 319 g/mol. The summed E-state index contributed by atoms with van der Waals surface area (Å²) in [6.45, 7) is 2.19. The van der Waals surface area contributed by atoms with Crippen molar-refractivity contribution in [1.29, 1.82) is 0 Å². The Labute approximate surface area is 103 Å². The van der Waals surface area contributed by atoms with Gasteiger partial charge in [0.05, 0.1) is 13.0 Å². The van der Waals surface area contributed by atoms with Gasteiger partial charge < -0.3 is 10.5 Å². The second-order valence-electron chi connectivity index (χ2n) is 3.17. The van der Waals surface area contributed by atoms with Crippen molar-refractivity contribution < 1.29 is 9.53 Å². The molecule has 0 aliphatic rings. The van der Waals surface area contributed by atoms with Crippen LogP contribution in [0.2, 0.25) is 0 Å². The standard InChI is InChI=1S/C11H14INO2/c1-2-15-11(14)7-10(13)8-4-3-5-9(12)6-8/h3-6,10H,2,7,13H2,1H3. The predicted molar refractivity (Wildman–Crippen MR) is 67.3 cm³/mol. The highest BCUT2D eigenvalue weighted by Gasteiger charge is 2.12. The van der Waals surface area contributed by atoms with E-state index >= 15 is 0 Å². The van der Waals surface area contributed by atoms with Crippen LogP contribution in [0.1, 0.15) is 24.9 Å². The molecule has 82 valence electrons. The van der Waals surface area contributed by atoms with Crippen molar-refractivity contribution in [1.82, 2.24) is 0 Å². The van der Waals surface area contributed by atoms with E-state index in [1.807, 2.05) is 24.3 Å². The van der Waals surface area contributed by atoms with Crippen molar-refractivity contribution in [2.24, 2.45) is 5.73 Å². The molecule has 4 heteroatoms. The number of carbonyl (C=O) groups excluding carboxylic acids is 1. The predicted octanol–water partition coefficient (Wildman–Crippen LogP) is 2.24. The minimum Gasteiger partial charge on any atom is -0.466 e. The fourth-order valence-corrected chi connectivity index (χ4v) is 1.82. The molecule has 0 saturated carbocycles. The van der Waals surface area contributed by atoms with Crippen LogP contribution >= 0.6 is 22.6 Å². The highest BCUT2D eigenvalue weighted by Crippen LogP contribution is 2.17. The van der Waals surface area contributed by atoms with Crippen molar-refractivity contribution in [3.63, 3.8) is 0 Å². The molecular formula is C11H14INO2. The van der Waals surface area contributed by atoms with Crippen molar-refractivity contribution in [3.8, 4) is 0 Å². The summed E-state index contributed by atoms with van der Waals surface area (Å²) in [5.41, 5.74) is 6.86. The fourth-order valence-electron chi connectivity index (χ4n) is 1.25. The maximum atomic E-state index is 11.2. The Kier molecular flexibility index (Phi) is 5.04. The lowest BCUT2D eigenvalue weighted by Crippen LogP contribution is -2.17. The molecule has 0 amide bonds. The van der Waals surface area contributed by atoms with Gasteiger partial charge in [-0.25, -0.2) is 0 Å². The summed E-state index contributed by atoms with van der Waals surface area (Å²) in [5, 5.41) is 0. The van der Waals surface area contributed by atoms with E-state index in [1.54, 1.807) is 6.92 Å². The van der Waals surface area contributed by atoms with Crippen molar-refractivity contribution >= 4 is 28.6 Å². The number of hydrogen-bond donors (Lipinski definition) is 1. The largest absolute Gasteiger partial charge is 0.466 e. The Morgan fingerprint density at radius 1 is 1.60 bits per heavy atom. The van der Waals surface area contributed by atoms with E-state index in [1.165, 1.54) is 0 Å². The minimum absolute atomic E-state index is 0.230. The normalized spacial score (nSPS) is 12.2. The van der Waals surface area contributed by atoms with E-state index in [2.05, 4.69) is 22.6 Å². The van der Waals surface area contributed by atoms with Crippen molar-refractivity contribution in [2.75, 3.05) is 6.61 Å². The van der Waals surface area contributed by atoms with Gasteiger partial charge in [-0.1, -0.05) is 12.1 Å². The number of esters is 1. The molecule has 15 heavy (non-hydrogen) atoms. The first-order valence-corrected chi connectivity index (χ1v) is 5.88. The van der Waals surface area contributed by atoms with E-state index < -0.39 is 0 Å². The third kappa shape index (κ3) is 4.17. The Bertz CT molecular complexity index is 341. The van der Waals surface area contributed by atoms with Gasteiger partial charge in [0.1, 0.15) is 0 Å². The molecule has 1 rings (SSSR count). The lowest BCUT2D eigenvalue weighted by molar-refractivity contribution is -0.143. The molecule has 1 unspecified atom stereocenters. The summed E-state index contributed by atoms with van der Waals surface area (Å²) in [7, 11) is 0. The van der Waals surface area contributed by atoms with Crippen LogP contribution in [0.25, 0.3) is 0 Å². The average Bonchev–Trinajstić information content (AvgIpc) is 2.18. The van der Waals surface area contributed by atoms with E-state index in [0.29, 0.717) is 6.61 Å². The molecule has 0 saturated heterocycles. The highest BCUT2D eigenvalue weighted by molar-refractivity contribution is 14.1. The highest BCUT2D eigenvalue weighted by atomic mass is 127. The Hall–Kier alpha value is -0.620. The van der Waals surface area contributed by atoms with Gasteiger partial charge in [-0.3, -0.25) is 4.79 Å². The van der Waals surface area contributed by atoms with Crippen LogP contribution < -0.4 is 5.73 Å². The number of nitrogens with two attached hydrogens (primary N) is 1. The maximum Gasteiger partial charge on any atom is 0.307 e. The van der Waals surface area contributed by atoms with Gasteiger partial charge in [0, 0.05) is 9.61 Å². The third-order valence-corrected chi connectivity index (χ3v) is 2.64. The number of ether oxygens (including phenoxy) is 1. The lowest BCUT2D eigenvalue weighted by atomic mass is 10.1. The van der Waals surface area contributed by atoms with Crippen LogP contribution in [0.4, 0.5) is 0 Å². The number of hydrogen-bond acceptors (Lipinski definition) is 3. The molecule has 0 radical (unpaired) electrons. The zero-order chi connectivity index (χ0) is 11.3. The van der Waals surface area contributed by atoms with Gasteiger partial charge in [-0.15, -0.1) is 0 Å². The second kappa shape index (κ2) is 6.07. The topological polar surface area (TPSA) is 52.3 Å². The summed E-state index contributed by atoms with van der Waals surface area (Å²) in [6, 6.07) is 7.54. The molecule has 1 aromatic rings. The second-order valence-corrected chi connectivity index (χ2v) is 4.42. The number of benzene rings is 1. The van der Waals surface area contributed by atoms with Crippen molar-refractivity contribution in [3.05, 3.63) is 33.4 Å². The average molecular weight is 319 g/mol. The SMILES string of the molecule is CCOC(=O)CC(N)c1cccc(I)c1. The molecule has 0 aliphatic heterocycles. The van der Waals surface area contributed by atoms with E-state index in [-0.39, 0.29) is 18.4 Å². The van der Waals surface area contributed by atoms with Crippen LogP contribution in [0.15, 0.2) is 24.3 Å². The Balaban J connectivity index is 2.60. The molecule has 2 N–H and O–H groups in total. The summed E-state index contributed by atoms with van der Waals surface area (Å²) < 4.78 is 5.96. The minimum atomic E-state index is -0.279. The molecule has 1 aromatic carbocycles. The molecule has 0 heterocycles. The first-order chi connectivity index (χ1) is 7.13. The lowest BCUT2D eigenvalue weighted by Gasteiger charge is -2.11. The quantitative estimate of drug-likeness (QED) is 0.684. The van der Waals surface area contributed by atoms with E-state index in [9.17, 15) is 4.79 Å². The van der Waals surface area contributed by atoms with Gasteiger partial charge in [-0.2, -0.15) is 0 Å². The molecular weight excluding hydrogens is 305 g/mol. The fraction of sp³-hybridized carbons (Fsp3) is 0.364. The summed E-state index contributed by atoms with van der Waals surface area (Å²) in [5.74, 6) is -0.246. The molecule has 3 nitrogen and oxygen atoms in total. The smallest absolute Gasteiger partial charge is 0.307 e. The van der Waals surface area contributed by atoms with Crippen LogP contribution in [0, 0.1) is 3.57 Å². The van der Waals surface area contributed by atoms with Gasteiger partial charge in [0.2, 0.25) is 0 Å². The van der Waals surface area contributed by atoms with Crippen LogP contribution in [0.3, 0.4) is 0 Å². The summed E-state index contributed by atoms with van der Waals surface area (Å²) in [6.07, 6.45) is 0.230. The first kappa shape index (κ1) is 12.4. The van der Waals surface area contributed by atoms with Gasteiger partial charge in [-0.05, 0) is 47.2 Å². The zero-order valence-corrected chi connectivity index (χ0v) is 10.7. The maximum absolute atomic E-state index is 11.2. The van der Waals surface area contributed by atoms with Crippen molar-refractivity contribution in [2.45, 2.75) is 19.4 Å². The molecule has 0 aromatic heterocycles. The van der Waals surface area contributed by atoms with E-state index in [0.717, 1.165) is 9.13 Å². The number of carbonyl (C=O) groups is 1. The molecule has 1 atom stereocenters. The Morgan fingerprint density at radius 2 is 2.33 bits per heavy atom. The van der Waals surface area contributed by atoms with Crippen LogP contribution in [-0.2, 0) is 9.53 Å². The van der Waals surface area contributed by atoms with Crippen LogP contribution in [-0.4, -0.2) is 12.6 Å². The third-order valence-electron chi connectivity index (χ3n) is 1.97. The van der Waals surface area contributed by atoms with Gasteiger partial charge in [0.25, 0.3) is 0 Å². The molecule has 0 fully saturated rings. The van der Waals surface area contributed by atoms with E-state index in [4.69, 9.17) is 10.5 Å².